The number of hydrogen-bond acceptors (Lipinski definition) is 4. The van der Waals surface area contributed by atoms with Gasteiger partial charge in [0, 0.05) is 18.0 Å². The highest BCUT2D eigenvalue weighted by Crippen LogP contribution is 2.34. The zero-order valence-electron chi connectivity index (χ0n) is 16.0. The minimum atomic E-state index is -0.179. The normalized spacial score (nSPS) is 17.4. The van der Waals surface area contributed by atoms with E-state index in [0.717, 1.165) is 38.0 Å². The van der Waals surface area contributed by atoms with Gasteiger partial charge in [-0.25, -0.2) is 0 Å². The Morgan fingerprint density at radius 1 is 1.27 bits per heavy atom. The third kappa shape index (κ3) is 4.33. The molecule has 5 nitrogen and oxygen atoms in total. The third-order valence-electron chi connectivity index (χ3n) is 5.32. The largest absolute Gasteiger partial charge is 0.351 e. The lowest BCUT2D eigenvalue weighted by Crippen LogP contribution is -2.48. The molecule has 140 valence electrons. The van der Waals surface area contributed by atoms with Gasteiger partial charge in [0.15, 0.2) is 0 Å². The van der Waals surface area contributed by atoms with Crippen LogP contribution in [0.15, 0.2) is 40.9 Å². The number of benzene rings is 1. The Morgan fingerprint density at radius 3 is 2.62 bits per heavy atom. The van der Waals surface area contributed by atoms with Crippen LogP contribution in [0.5, 0.6) is 0 Å². The van der Waals surface area contributed by atoms with Crippen molar-refractivity contribution in [2.45, 2.75) is 38.5 Å². The fourth-order valence-electron chi connectivity index (χ4n) is 3.68. The predicted octanol–water partition coefficient (Wildman–Crippen LogP) is 3.27. The van der Waals surface area contributed by atoms with E-state index < -0.39 is 0 Å². The molecule has 0 unspecified atom stereocenters. The maximum absolute atomic E-state index is 12.6. The summed E-state index contributed by atoms with van der Waals surface area (Å²) in [5.74, 6) is 0.607. The van der Waals surface area contributed by atoms with Crippen LogP contribution in [0.4, 0.5) is 0 Å². The predicted molar refractivity (Wildman–Crippen MR) is 102 cm³/mol. The molecule has 1 fully saturated rings. The summed E-state index contributed by atoms with van der Waals surface area (Å²) >= 11 is 0. The van der Waals surface area contributed by atoms with Gasteiger partial charge in [0.05, 0.1) is 5.69 Å². The summed E-state index contributed by atoms with van der Waals surface area (Å²) in [6, 6.07) is 12.3. The van der Waals surface area contributed by atoms with E-state index in [0.29, 0.717) is 18.2 Å². The van der Waals surface area contributed by atoms with E-state index in [1.807, 2.05) is 6.07 Å². The highest BCUT2D eigenvalue weighted by Gasteiger charge is 2.36. The minimum absolute atomic E-state index is 0.0236. The highest BCUT2D eigenvalue weighted by molar-refractivity contribution is 5.91. The van der Waals surface area contributed by atoms with Crippen LogP contribution in [0.25, 0.3) is 0 Å². The quantitative estimate of drug-likeness (QED) is 0.864. The molecule has 1 N–H and O–H groups in total. The number of rotatable bonds is 6. The standard InChI is InChI=1S/C21H29N3O2/c1-16(2)13-18-14-19(26-23-18)20(25)22-15-21(9-11-24(3)12-10-21)17-7-5-4-6-8-17/h4-8,14,16H,9-13,15H2,1-3H3,(H,22,25). The van der Waals surface area contributed by atoms with Gasteiger partial charge in [0.1, 0.15) is 0 Å². The van der Waals surface area contributed by atoms with Crippen molar-refractivity contribution in [1.82, 2.24) is 15.4 Å². The van der Waals surface area contributed by atoms with Gasteiger partial charge < -0.3 is 14.7 Å². The molecule has 0 spiro atoms. The van der Waals surface area contributed by atoms with Gasteiger partial charge >= 0.3 is 0 Å². The zero-order valence-corrected chi connectivity index (χ0v) is 16.0. The van der Waals surface area contributed by atoms with Crippen LogP contribution in [-0.4, -0.2) is 42.6 Å². The molecule has 1 saturated heterocycles. The molecule has 3 rings (SSSR count). The molecule has 1 aromatic carbocycles. The van der Waals surface area contributed by atoms with E-state index in [1.54, 1.807) is 6.07 Å². The number of amides is 1. The van der Waals surface area contributed by atoms with E-state index in [9.17, 15) is 4.79 Å². The van der Waals surface area contributed by atoms with E-state index in [4.69, 9.17) is 4.52 Å². The molecule has 0 atom stereocenters. The Kier molecular flexibility index (Phi) is 5.77. The first-order valence-corrected chi connectivity index (χ1v) is 9.46. The van der Waals surface area contributed by atoms with Crippen LogP contribution in [0.2, 0.25) is 0 Å². The first kappa shape index (κ1) is 18.6. The molecule has 2 heterocycles. The average molecular weight is 355 g/mol. The van der Waals surface area contributed by atoms with Crippen LogP contribution in [-0.2, 0) is 11.8 Å². The second-order valence-corrected chi connectivity index (χ2v) is 7.91. The molecular formula is C21H29N3O2. The van der Waals surface area contributed by atoms with Crippen molar-refractivity contribution in [1.29, 1.82) is 0 Å². The van der Waals surface area contributed by atoms with Crippen molar-refractivity contribution in [3.63, 3.8) is 0 Å². The summed E-state index contributed by atoms with van der Waals surface area (Å²) < 4.78 is 5.25. The molecule has 1 aromatic heterocycles. The fourth-order valence-corrected chi connectivity index (χ4v) is 3.68. The molecule has 0 radical (unpaired) electrons. The number of piperidine rings is 1. The van der Waals surface area contributed by atoms with Crippen molar-refractivity contribution < 1.29 is 9.32 Å². The van der Waals surface area contributed by atoms with E-state index in [-0.39, 0.29) is 11.3 Å². The highest BCUT2D eigenvalue weighted by atomic mass is 16.5. The number of likely N-dealkylation sites (tertiary alicyclic amines) is 1. The summed E-state index contributed by atoms with van der Waals surface area (Å²) in [5, 5.41) is 7.11. The van der Waals surface area contributed by atoms with Gasteiger partial charge in [0.25, 0.3) is 5.91 Å². The summed E-state index contributed by atoms with van der Waals surface area (Å²) in [7, 11) is 2.15. The lowest BCUT2D eigenvalue weighted by atomic mass is 9.72. The van der Waals surface area contributed by atoms with E-state index in [2.05, 4.69) is 60.5 Å². The van der Waals surface area contributed by atoms with Gasteiger partial charge in [-0.2, -0.15) is 0 Å². The van der Waals surface area contributed by atoms with Gasteiger partial charge in [-0.3, -0.25) is 4.79 Å². The Bertz CT molecular complexity index is 716. The van der Waals surface area contributed by atoms with Gasteiger partial charge in [-0.05, 0) is 50.9 Å². The Labute approximate surface area is 155 Å². The SMILES string of the molecule is CC(C)Cc1cc(C(=O)NCC2(c3ccccc3)CCN(C)CC2)on1. The molecular weight excluding hydrogens is 326 g/mol. The molecule has 26 heavy (non-hydrogen) atoms. The van der Waals surface area contributed by atoms with Gasteiger partial charge in [-0.15, -0.1) is 0 Å². The third-order valence-corrected chi connectivity index (χ3v) is 5.32. The fraction of sp³-hybridized carbons (Fsp3) is 0.524. The summed E-state index contributed by atoms with van der Waals surface area (Å²) in [5.41, 5.74) is 2.11. The molecule has 1 aliphatic rings. The topological polar surface area (TPSA) is 58.4 Å². The van der Waals surface area contributed by atoms with E-state index >= 15 is 0 Å². The van der Waals surface area contributed by atoms with Crippen LogP contribution in [0.1, 0.15) is 48.5 Å². The smallest absolute Gasteiger partial charge is 0.289 e. The van der Waals surface area contributed by atoms with Crippen molar-refractivity contribution >= 4 is 5.91 Å². The van der Waals surface area contributed by atoms with Crippen LogP contribution >= 0.6 is 0 Å². The zero-order chi connectivity index (χ0) is 18.6. The minimum Gasteiger partial charge on any atom is -0.351 e. The van der Waals surface area contributed by atoms with Crippen LogP contribution in [0, 0.1) is 5.92 Å². The molecule has 0 saturated carbocycles. The Hall–Kier alpha value is -2.14. The Morgan fingerprint density at radius 2 is 1.96 bits per heavy atom. The second-order valence-electron chi connectivity index (χ2n) is 7.91. The lowest BCUT2D eigenvalue weighted by Gasteiger charge is -2.41. The van der Waals surface area contributed by atoms with Crippen molar-refractivity contribution in [3.05, 3.63) is 53.4 Å². The summed E-state index contributed by atoms with van der Waals surface area (Å²) in [6.07, 6.45) is 2.88. The molecule has 0 bridgehead atoms. The second kappa shape index (κ2) is 8.04. The number of nitrogens with one attached hydrogen (secondary N) is 1. The molecule has 1 aliphatic heterocycles. The Balaban J connectivity index is 1.70. The molecule has 0 aliphatic carbocycles. The lowest BCUT2D eigenvalue weighted by molar-refractivity contribution is 0.0891. The number of hydrogen-bond donors (Lipinski definition) is 1. The van der Waals surface area contributed by atoms with Crippen molar-refractivity contribution in [2.75, 3.05) is 26.7 Å². The monoisotopic (exact) mass is 355 g/mol. The maximum Gasteiger partial charge on any atom is 0.289 e. The summed E-state index contributed by atoms with van der Waals surface area (Å²) in [4.78, 5) is 14.9. The molecule has 1 amide bonds. The van der Waals surface area contributed by atoms with Gasteiger partial charge in [0.2, 0.25) is 5.76 Å². The molecule has 2 aromatic rings. The van der Waals surface area contributed by atoms with E-state index in [1.165, 1.54) is 5.56 Å². The number of carbonyl (C=O) groups excluding carboxylic acids is 1. The van der Waals surface area contributed by atoms with Crippen molar-refractivity contribution in [3.8, 4) is 0 Å². The van der Waals surface area contributed by atoms with Gasteiger partial charge in [-0.1, -0.05) is 49.3 Å². The number of carbonyl (C=O) groups is 1. The molecule has 5 heteroatoms. The van der Waals surface area contributed by atoms with Crippen molar-refractivity contribution in [2.24, 2.45) is 5.92 Å². The number of nitrogens with zero attached hydrogens (tertiary/aromatic N) is 2. The maximum atomic E-state index is 12.6. The van der Waals surface area contributed by atoms with Crippen LogP contribution in [0.3, 0.4) is 0 Å². The average Bonchev–Trinajstić information content (AvgIpc) is 3.10. The van der Waals surface area contributed by atoms with Crippen LogP contribution < -0.4 is 5.32 Å². The number of aromatic nitrogens is 1. The summed E-state index contributed by atoms with van der Waals surface area (Å²) in [6.45, 7) is 6.93. The first-order valence-electron chi connectivity index (χ1n) is 9.46. The first-order chi connectivity index (χ1) is 12.5.